The van der Waals surface area contributed by atoms with Crippen molar-refractivity contribution < 1.29 is 0 Å². The van der Waals surface area contributed by atoms with Crippen LogP contribution in [0.1, 0.15) is 18.5 Å². The fourth-order valence-electron chi connectivity index (χ4n) is 1.65. The topological polar surface area (TPSA) is 12.0 Å². The molecule has 3 heteroatoms. The minimum atomic E-state index is 0.322. The van der Waals surface area contributed by atoms with Crippen molar-refractivity contribution in [2.75, 3.05) is 5.32 Å². The summed E-state index contributed by atoms with van der Waals surface area (Å²) in [6, 6.07) is 17.3. The molecule has 0 aromatic heterocycles. The van der Waals surface area contributed by atoms with Crippen molar-refractivity contribution in [3.8, 4) is 0 Å². The maximum atomic E-state index is 3.54. The zero-order valence-electron chi connectivity index (χ0n) is 9.45. The maximum absolute atomic E-state index is 3.54. The molecule has 0 heterocycles. The molecule has 2 aromatic rings. The highest BCUT2D eigenvalue weighted by Gasteiger charge is 2.06. The van der Waals surface area contributed by atoms with Gasteiger partial charge in [-0.05, 0) is 81.9 Å². The second-order valence-corrected chi connectivity index (χ2v) is 6.31. The number of hydrogen-bond donors (Lipinski definition) is 1. The first-order chi connectivity index (χ1) is 8.16. The summed E-state index contributed by atoms with van der Waals surface area (Å²) in [7, 11) is 0. The van der Waals surface area contributed by atoms with Gasteiger partial charge in [0.15, 0.2) is 0 Å². The van der Waals surface area contributed by atoms with E-state index in [0.717, 1.165) is 0 Å². The number of hydrogen-bond acceptors (Lipinski definition) is 1. The van der Waals surface area contributed by atoms with Crippen LogP contribution < -0.4 is 5.32 Å². The van der Waals surface area contributed by atoms with Gasteiger partial charge >= 0.3 is 0 Å². The zero-order valence-corrected chi connectivity index (χ0v) is 13.8. The molecule has 0 radical (unpaired) electrons. The quantitative estimate of drug-likeness (QED) is 0.646. The van der Waals surface area contributed by atoms with E-state index < -0.39 is 0 Å². The van der Waals surface area contributed by atoms with Gasteiger partial charge in [0.1, 0.15) is 0 Å². The predicted molar refractivity (Wildman–Crippen MR) is 90.4 cm³/mol. The number of nitrogens with one attached hydrogen (secondary N) is 1. The number of para-hydroxylation sites is 1. The van der Waals surface area contributed by atoms with Gasteiger partial charge in [-0.3, -0.25) is 0 Å². The van der Waals surface area contributed by atoms with Crippen LogP contribution in [0, 0.1) is 7.14 Å². The van der Waals surface area contributed by atoms with Crippen molar-refractivity contribution in [1.82, 2.24) is 0 Å². The van der Waals surface area contributed by atoms with Gasteiger partial charge < -0.3 is 5.32 Å². The monoisotopic (exact) mass is 449 g/mol. The molecule has 0 saturated heterocycles. The summed E-state index contributed by atoms with van der Waals surface area (Å²) in [4.78, 5) is 0. The highest BCUT2D eigenvalue weighted by atomic mass is 127. The summed E-state index contributed by atoms with van der Waals surface area (Å²) in [6.45, 7) is 2.19. The van der Waals surface area contributed by atoms with Gasteiger partial charge in [0.05, 0.1) is 0 Å². The molecule has 17 heavy (non-hydrogen) atoms. The molecule has 0 aliphatic rings. The van der Waals surface area contributed by atoms with Crippen molar-refractivity contribution in [2.45, 2.75) is 13.0 Å². The van der Waals surface area contributed by atoms with Gasteiger partial charge in [-0.25, -0.2) is 0 Å². The Labute approximate surface area is 129 Å². The molecule has 1 N–H and O–H groups in total. The first-order valence-electron chi connectivity index (χ1n) is 5.43. The molecule has 0 aliphatic carbocycles. The standard InChI is InChI=1S/C14H13I2N/c1-10(11-6-8-12(15)9-7-11)17-14-5-3-2-4-13(14)16/h2-10,17H,1H3. The third-order valence-electron chi connectivity index (χ3n) is 2.62. The Kier molecular flexibility index (Phi) is 4.67. The third kappa shape index (κ3) is 3.58. The van der Waals surface area contributed by atoms with Gasteiger partial charge in [-0.2, -0.15) is 0 Å². The number of rotatable bonds is 3. The zero-order chi connectivity index (χ0) is 12.3. The van der Waals surface area contributed by atoms with Crippen molar-refractivity contribution in [3.63, 3.8) is 0 Å². The van der Waals surface area contributed by atoms with Crippen LogP contribution >= 0.6 is 45.2 Å². The van der Waals surface area contributed by atoms with E-state index in [1.165, 1.54) is 18.4 Å². The molecule has 1 unspecified atom stereocenters. The number of benzene rings is 2. The Bertz CT molecular complexity index is 494. The molecule has 1 nitrogen and oxygen atoms in total. The molecule has 0 fully saturated rings. The summed E-state index contributed by atoms with van der Waals surface area (Å²) in [5, 5.41) is 3.54. The van der Waals surface area contributed by atoms with Gasteiger partial charge in [0.25, 0.3) is 0 Å². The van der Waals surface area contributed by atoms with E-state index in [-0.39, 0.29) is 0 Å². The lowest BCUT2D eigenvalue weighted by atomic mass is 10.1. The Morgan fingerprint density at radius 2 is 1.59 bits per heavy atom. The summed E-state index contributed by atoms with van der Waals surface area (Å²) < 4.78 is 2.52. The molecule has 0 bridgehead atoms. The summed E-state index contributed by atoms with van der Waals surface area (Å²) in [6.07, 6.45) is 0. The van der Waals surface area contributed by atoms with Crippen molar-refractivity contribution in [3.05, 3.63) is 61.2 Å². The Morgan fingerprint density at radius 3 is 2.24 bits per heavy atom. The van der Waals surface area contributed by atoms with E-state index in [9.17, 15) is 0 Å². The molecule has 0 spiro atoms. The lowest BCUT2D eigenvalue weighted by molar-refractivity contribution is 0.883. The Hall–Kier alpha value is -0.300. The molecular weight excluding hydrogens is 436 g/mol. The van der Waals surface area contributed by atoms with E-state index in [1.807, 2.05) is 0 Å². The van der Waals surface area contributed by atoms with Gasteiger partial charge in [0, 0.05) is 18.9 Å². The SMILES string of the molecule is CC(Nc1ccccc1I)c1ccc(I)cc1. The Morgan fingerprint density at radius 1 is 0.941 bits per heavy atom. The van der Waals surface area contributed by atoms with Crippen LogP contribution in [0.5, 0.6) is 0 Å². The van der Waals surface area contributed by atoms with Crippen LogP contribution in [-0.2, 0) is 0 Å². The van der Waals surface area contributed by atoms with Crippen molar-refractivity contribution in [1.29, 1.82) is 0 Å². The molecular formula is C14H13I2N. The fourth-order valence-corrected chi connectivity index (χ4v) is 2.55. The summed E-state index contributed by atoms with van der Waals surface area (Å²) in [5.41, 5.74) is 2.50. The summed E-state index contributed by atoms with van der Waals surface area (Å²) in [5.74, 6) is 0. The van der Waals surface area contributed by atoms with Crippen molar-refractivity contribution in [2.24, 2.45) is 0 Å². The van der Waals surface area contributed by atoms with Crippen LogP contribution in [0.4, 0.5) is 5.69 Å². The first kappa shape index (κ1) is 13.1. The van der Waals surface area contributed by atoms with Crippen molar-refractivity contribution >= 4 is 50.9 Å². The van der Waals surface area contributed by atoms with Gasteiger partial charge in [-0.1, -0.05) is 24.3 Å². The molecule has 0 saturated carbocycles. The second-order valence-electron chi connectivity index (χ2n) is 3.90. The van der Waals surface area contributed by atoms with Crippen LogP contribution in [0.25, 0.3) is 0 Å². The van der Waals surface area contributed by atoms with Crippen LogP contribution in [0.2, 0.25) is 0 Å². The highest BCUT2D eigenvalue weighted by Crippen LogP contribution is 2.23. The molecule has 2 rings (SSSR count). The second kappa shape index (κ2) is 6.04. The number of anilines is 1. The van der Waals surface area contributed by atoms with Crippen LogP contribution in [0.3, 0.4) is 0 Å². The van der Waals surface area contributed by atoms with Gasteiger partial charge in [0.2, 0.25) is 0 Å². The van der Waals surface area contributed by atoms with E-state index in [4.69, 9.17) is 0 Å². The van der Waals surface area contributed by atoms with E-state index in [0.29, 0.717) is 6.04 Å². The number of halogens is 2. The average molecular weight is 449 g/mol. The van der Waals surface area contributed by atoms with E-state index in [1.54, 1.807) is 0 Å². The minimum absolute atomic E-state index is 0.322. The third-order valence-corrected chi connectivity index (χ3v) is 4.28. The highest BCUT2D eigenvalue weighted by molar-refractivity contribution is 14.1. The lowest BCUT2D eigenvalue weighted by Gasteiger charge is -2.16. The largest absolute Gasteiger partial charge is 0.378 e. The maximum Gasteiger partial charge on any atom is 0.0486 e. The Balaban J connectivity index is 2.14. The molecule has 2 aromatic carbocycles. The van der Waals surface area contributed by atoms with Crippen LogP contribution in [-0.4, -0.2) is 0 Å². The first-order valence-corrected chi connectivity index (χ1v) is 7.59. The summed E-state index contributed by atoms with van der Waals surface area (Å²) >= 11 is 4.68. The predicted octanol–water partition coefficient (Wildman–Crippen LogP) is 5.07. The molecule has 88 valence electrons. The minimum Gasteiger partial charge on any atom is -0.378 e. The molecule has 1 atom stereocenters. The lowest BCUT2D eigenvalue weighted by Crippen LogP contribution is -2.07. The average Bonchev–Trinajstić information content (AvgIpc) is 2.33. The van der Waals surface area contributed by atoms with Crippen LogP contribution in [0.15, 0.2) is 48.5 Å². The molecule has 0 amide bonds. The fraction of sp³-hybridized carbons (Fsp3) is 0.143. The van der Waals surface area contributed by atoms with E-state index in [2.05, 4.69) is 106 Å². The van der Waals surface area contributed by atoms with Gasteiger partial charge in [-0.15, -0.1) is 0 Å². The molecule has 0 aliphatic heterocycles. The van der Waals surface area contributed by atoms with E-state index >= 15 is 0 Å². The normalized spacial score (nSPS) is 12.2. The smallest absolute Gasteiger partial charge is 0.0486 e.